The largest absolute Gasteiger partial charge is 0.326 e. The van der Waals surface area contributed by atoms with Gasteiger partial charge in [0.15, 0.2) is 0 Å². The van der Waals surface area contributed by atoms with Gasteiger partial charge in [-0.15, -0.1) is 11.3 Å². The molecular weight excluding hydrogens is 416 g/mol. The molecule has 1 aliphatic rings. The van der Waals surface area contributed by atoms with Crippen LogP contribution in [0.2, 0.25) is 5.02 Å². The zero-order valence-corrected chi connectivity index (χ0v) is 18.7. The van der Waals surface area contributed by atoms with Crippen molar-refractivity contribution in [3.63, 3.8) is 0 Å². The van der Waals surface area contributed by atoms with Gasteiger partial charge >= 0.3 is 0 Å². The summed E-state index contributed by atoms with van der Waals surface area (Å²) in [5, 5.41) is 3.50. The molecule has 0 bridgehead atoms. The van der Waals surface area contributed by atoms with E-state index in [2.05, 4.69) is 12.2 Å². The van der Waals surface area contributed by atoms with Crippen molar-refractivity contribution in [1.82, 2.24) is 0 Å². The van der Waals surface area contributed by atoms with E-state index in [1.54, 1.807) is 6.07 Å². The number of carbonyl (C=O) groups excluding carboxylic acids is 2. The molecule has 0 saturated carbocycles. The zero-order valence-electron chi connectivity index (χ0n) is 17.2. The molecule has 2 heterocycles. The second-order valence-corrected chi connectivity index (χ2v) is 9.37. The number of thiophene rings is 1. The average Bonchev–Trinajstić information content (AvgIpc) is 3.14. The molecule has 0 spiro atoms. The number of hydrogen-bond donors (Lipinski definition) is 1. The van der Waals surface area contributed by atoms with E-state index in [1.807, 2.05) is 54.3 Å². The Hall–Kier alpha value is -2.63. The number of fused-ring (bicyclic) bond motifs is 1. The minimum absolute atomic E-state index is 0.0341. The van der Waals surface area contributed by atoms with Crippen molar-refractivity contribution < 1.29 is 9.59 Å². The Balaban J connectivity index is 1.84. The Labute approximate surface area is 185 Å². The molecule has 0 aliphatic carbocycles. The van der Waals surface area contributed by atoms with E-state index < -0.39 is 0 Å². The van der Waals surface area contributed by atoms with Gasteiger partial charge in [0, 0.05) is 39.8 Å². The van der Waals surface area contributed by atoms with Crippen molar-refractivity contribution in [3.8, 4) is 11.1 Å². The van der Waals surface area contributed by atoms with Gasteiger partial charge in [0.1, 0.15) is 0 Å². The van der Waals surface area contributed by atoms with E-state index in [-0.39, 0.29) is 17.9 Å². The minimum atomic E-state index is -0.137. The highest BCUT2D eigenvalue weighted by molar-refractivity contribution is 7.14. The molecule has 6 heteroatoms. The van der Waals surface area contributed by atoms with Crippen molar-refractivity contribution in [2.24, 2.45) is 0 Å². The van der Waals surface area contributed by atoms with Crippen LogP contribution in [-0.4, -0.2) is 17.9 Å². The molecule has 1 aliphatic heterocycles. The van der Waals surface area contributed by atoms with Crippen molar-refractivity contribution >= 4 is 46.1 Å². The van der Waals surface area contributed by atoms with Crippen LogP contribution in [0.15, 0.2) is 48.5 Å². The monoisotopic (exact) mass is 438 g/mol. The maximum absolute atomic E-state index is 13.4. The van der Waals surface area contributed by atoms with Crippen LogP contribution in [0.5, 0.6) is 0 Å². The molecule has 3 aromatic rings. The third-order valence-electron chi connectivity index (χ3n) is 5.42. The predicted molar refractivity (Wildman–Crippen MR) is 125 cm³/mol. The van der Waals surface area contributed by atoms with Gasteiger partial charge in [0.25, 0.3) is 5.91 Å². The number of nitrogens with zero attached hydrogens (tertiary/aromatic N) is 1. The Morgan fingerprint density at radius 3 is 2.63 bits per heavy atom. The number of anilines is 2. The fourth-order valence-corrected chi connectivity index (χ4v) is 5.03. The van der Waals surface area contributed by atoms with Crippen molar-refractivity contribution in [3.05, 3.63) is 68.9 Å². The smallest absolute Gasteiger partial charge is 0.268 e. The molecule has 4 nitrogen and oxygen atoms in total. The summed E-state index contributed by atoms with van der Waals surface area (Å²) in [6.45, 7) is 5.59. The summed E-state index contributed by atoms with van der Waals surface area (Å²) in [5.41, 5.74) is 4.60. The van der Waals surface area contributed by atoms with E-state index in [1.165, 1.54) is 18.3 Å². The van der Waals surface area contributed by atoms with E-state index in [9.17, 15) is 9.59 Å². The molecule has 0 fully saturated rings. The van der Waals surface area contributed by atoms with Gasteiger partial charge in [-0.25, -0.2) is 0 Å². The van der Waals surface area contributed by atoms with Crippen LogP contribution in [0.3, 0.4) is 0 Å². The zero-order chi connectivity index (χ0) is 21.4. The first-order valence-electron chi connectivity index (χ1n) is 9.94. The molecule has 0 radical (unpaired) electrons. The Morgan fingerprint density at radius 1 is 1.13 bits per heavy atom. The predicted octanol–water partition coefficient (Wildman–Crippen LogP) is 6.32. The summed E-state index contributed by atoms with van der Waals surface area (Å²) < 4.78 is 0. The topological polar surface area (TPSA) is 49.4 Å². The van der Waals surface area contributed by atoms with Crippen LogP contribution in [0, 0.1) is 6.92 Å². The first-order chi connectivity index (χ1) is 14.3. The summed E-state index contributed by atoms with van der Waals surface area (Å²) in [6.07, 6.45) is 1.72. The first-order valence-corrected chi connectivity index (χ1v) is 11.1. The lowest BCUT2D eigenvalue weighted by molar-refractivity contribution is -0.114. The van der Waals surface area contributed by atoms with Gasteiger partial charge in [-0.1, -0.05) is 23.7 Å². The second kappa shape index (κ2) is 8.25. The number of benzene rings is 2. The van der Waals surface area contributed by atoms with Crippen LogP contribution >= 0.6 is 22.9 Å². The van der Waals surface area contributed by atoms with Gasteiger partial charge in [-0.3, -0.25) is 9.59 Å². The molecule has 30 heavy (non-hydrogen) atoms. The number of rotatable bonds is 3. The molecule has 2 aromatic carbocycles. The van der Waals surface area contributed by atoms with Crippen LogP contribution in [-0.2, 0) is 11.2 Å². The second-order valence-electron chi connectivity index (χ2n) is 7.65. The molecule has 1 atom stereocenters. The number of amides is 2. The van der Waals surface area contributed by atoms with E-state index in [0.717, 1.165) is 45.0 Å². The van der Waals surface area contributed by atoms with Gasteiger partial charge < -0.3 is 10.2 Å². The van der Waals surface area contributed by atoms with Crippen LogP contribution in [0.1, 0.15) is 40.4 Å². The van der Waals surface area contributed by atoms with Gasteiger partial charge in [0.2, 0.25) is 5.91 Å². The fourth-order valence-electron chi connectivity index (χ4n) is 4.05. The maximum Gasteiger partial charge on any atom is 0.268 e. The fraction of sp³-hybridized carbons (Fsp3) is 0.250. The standard InChI is InChI=1S/C24H23ClN2O2S/c1-14-7-10-19-18(20-13-17(25)9-11-21(20)26-16(3)28)5-4-6-22(19)27(14)24(29)23-12-8-15(2)30-23/h4-6,8-9,11-14H,7,10H2,1-3H3,(H,26,28)/t14-/m0/s1. The van der Waals surface area contributed by atoms with Crippen molar-refractivity contribution in [1.29, 1.82) is 0 Å². The summed E-state index contributed by atoms with van der Waals surface area (Å²) in [5.74, 6) is -0.103. The number of hydrogen-bond acceptors (Lipinski definition) is 3. The summed E-state index contributed by atoms with van der Waals surface area (Å²) in [4.78, 5) is 28.9. The molecule has 0 unspecified atom stereocenters. The third kappa shape index (κ3) is 3.87. The van der Waals surface area contributed by atoms with Crippen molar-refractivity contribution in [2.45, 2.75) is 39.7 Å². The molecular formula is C24H23ClN2O2S. The van der Waals surface area contributed by atoms with Crippen LogP contribution in [0.4, 0.5) is 11.4 Å². The highest BCUT2D eigenvalue weighted by Gasteiger charge is 2.31. The quantitative estimate of drug-likeness (QED) is 0.520. The molecule has 0 saturated heterocycles. The molecule has 1 N–H and O–H groups in total. The lowest BCUT2D eigenvalue weighted by Gasteiger charge is -2.36. The van der Waals surface area contributed by atoms with Gasteiger partial charge in [-0.2, -0.15) is 0 Å². The van der Waals surface area contributed by atoms with Gasteiger partial charge in [0.05, 0.1) is 4.88 Å². The maximum atomic E-state index is 13.4. The molecule has 2 amide bonds. The number of aryl methyl sites for hydroxylation is 1. The molecule has 154 valence electrons. The summed E-state index contributed by atoms with van der Waals surface area (Å²) >= 11 is 7.82. The molecule has 1 aromatic heterocycles. The highest BCUT2D eigenvalue weighted by atomic mass is 35.5. The number of nitrogens with one attached hydrogen (secondary N) is 1. The SMILES string of the molecule is CC(=O)Nc1ccc(Cl)cc1-c1cccc2c1CC[C@H](C)N2C(=O)c1ccc(C)s1. The lowest BCUT2D eigenvalue weighted by atomic mass is 9.89. The highest BCUT2D eigenvalue weighted by Crippen LogP contribution is 2.41. The Bertz CT molecular complexity index is 1140. The number of halogens is 1. The van der Waals surface area contributed by atoms with E-state index >= 15 is 0 Å². The van der Waals surface area contributed by atoms with Crippen molar-refractivity contribution in [2.75, 3.05) is 10.2 Å². The van der Waals surface area contributed by atoms with Gasteiger partial charge in [-0.05, 0) is 74.2 Å². The van der Waals surface area contributed by atoms with E-state index in [4.69, 9.17) is 11.6 Å². The molecule has 4 rings (SSSR count). The number of carbonyl (C=O) groups is 2. The van der Waals surface area contributed by atoms with Crippen LogP contribution in [0.25, 0.3) is 11.1 Å². The average molecular weight is 439 g/mol. The first kappa shape index (κ1) is 20.6. The van der Waals surface area contributed by atoms with Crippen LogP contribution < -0.4 is 10.2 Å². The lowest BCUT2D eigenvalue weighted by Crippen LogP contribution is -2.42. The normalized spacial score (nSPS) is 15.6. The summed E-state index contributed by atoms with van der Waals surface area (Å²) in [7, 11) is 0. The Morgan fingerprint density at radius 2 is 1.93 bits per heavy atom. The summed E-state index contributed by atoms with van der Waals surface area (Å²) in [6, 6.07) is 15.5. The van der Waals surface area contributed by atoms with E-state index in [0.29, 0.717) is 10.7 Å². The third-order valence-corrected chi connectivity index (χ3v) is 6.64. The Kier molecular flexibility index (Phi) is 5.67. The minimum Gasteiger partial charge on any atom is -0.326 e.